The van der Waals surface area contributed by atoms with E-state index in [1.165, 1.54) is 19.3 Å². The zero-order valence-electron chi connectivity index (χ0n) is 10.2. The van der Waals surface area contributed by atoms with Gasteiger partial charge < -0.3 is 9.47 Å². The van der Waals surface area contributed by atoms with Crippen LogP contribution in [0, 0.1) is 0 Å². The fourth-order valence-corrected chi connectivity index (χ4v) is 2.47. The Kier molecular flexibility index (Phi) is 4.55. The van der Waals surface area contributed by atoms with Gasteiger partial charge in [0.05, 0.1) is 19.1 Å². The summed E-state index contributed by atoms with van der Waals surface area (Å²) >= 11 is 5.92. The average molecular weight is 255 g/mol. The van der Waals surface area contributed by atoms with Gasteiger partial charge in [0.15, 0.2) is 0 Å². The van der Waals surface area contributed by atoms with Gasteiger partial charge in [0, 0.05) is 11.6 Å². The van der Waals surface area contributed by atoms with Crippen LogP contribution in [0.2, 0.25) is 0 Å². The Morgan fingerprint density at radius 2 is 2.00 bits per heavy atom. The van der Waals surface area contributed by atoms with E-state index in [1.54, 1.807) is 7.11 Å². The highest BCUT2D eigenvalue weighted by Crippen LogP contribution is 2.30. The van der Waals surface area contributed by atoms with Crippen LogP contribution in [-0.2, 0) is 5.88 Å². The molecule has 0 bridgehead atoms. The third-order valence-electron chi connectivity index (χ3n) is 3.26. The maximum Gasteiger partial charge on any atom is 0.127 e. The lowest BCUT2D eigenvalue weighted by Gasteiger charge is -2.24. The number of halogens is 1. The molecule has 1 aliphatic rings. The highest BCUT2D eigenvalue weighted by Gasteiger charge is 2.16. The highest BCUT2D eigenvalue weighted by molar-refractivity contribution is 6.17. The van der Waals surface area contributed by atoms with Gasteiger partial charge in [-0.3, -0.25) is 0 Å². The molecule has 1 saturated carbocycles. The van der Waals surface area contributed by atoms with Gasteiger partial charge in [0.2, 0.25) is 0 Å². The first-order chi connectivity index (χ1) is 8.33. The Balaban J connectivity index is 2.11. The SMILES string of the molecule is COc1ccc(CCl)c(OC2CCCCC2)c1. The summed E-state index contributed by atoms with van der Waals surface area (Å²) < 4.78 is 11.3. The Bertz CT molecular complexity index is 359. The first-order valence-electron chi connectivity index (χ1n) is 6.23. The molecule has 17 heavy (non-hydrogen) atoms. The van der Waals surface area contributed by atoms with E-state index < -0.39 is 0 Å². The van der Waals surface area contributed by atoms with Gasteiger partial charge in [0.25, 0.3) is 0 Å². The maximum atomic E-state index is 6.06. The van der Waals surface area contributed by atoms with Crippen LogP contribution in [0.5, 0.6) is 11.5 Å². The van der Waals surface area contributed by atoms with Gasteiger partial charge in [0.1, 0.15) is 11.5 Å². The smallest absolute Gasteiger partial charge is 0.127 e. The van der Waals surface area contributed by atoms with Crippen molar-refractivity contribution in [3.05, 3.63) is 23.8 Å². The lowest BCUT2D eigenvalue weighted by molar-refractivity contribution is 0.153. The van der Waals surface area contributed by atoms with Crippen LogP contribution in [0.4, 0.5) is 0 Å². The number of alkyl halides is 1. The Morgan fingerprint density at radius 1 is 1.24 bits per heavy atom. The van der Waals surface area contributed by atoms with E-state index in [2.05, 4.69) is 0 Å². The van der Waals surface area contributed by atoms with Crippen molar-refractivity contribution < 1.29 is 9.47 Å². The van der Waals surface area contributed by atoms with Crippen molar-refractivity contribution in [2.75, 3.05) is 7.11 Å². The van der Waals surface area contributed by atoms with E-state index in [-0.39, 0.29) is 0 Å². The van der Waals surface area contributed by atoms with Gasteiger partial charge in [-0.25, -0.2) is 0 Å². The summed E-state index contributed by atoms with van der Waals surface area (Å²) in [7, 11) is 1.67. The van der Waals surface area contributed by atoms with Crippen LogP contribution in [-0.4, -0.2) is 13.2 Å². The van der Waals surface area contributed by atoms with Crippen LogP contribution in [0.3, 0.4) is 0 Å². The summed E-state index contributed by atoms with van der Waals surface area (Å²) in [6.07, 6.45) is 6.52. The first-order valence-corrected chi connectivity index (χ1v) is 6.76. The Hall–Kier alpha value is -0.890. The fraction of sp³-hybridized carbons (Fsp3) is 0.571. The molecule has 0 spiro atoms. The first kappa shape index (κ1) is 12.6. The summed E-state index contributed by atoms with van der Waals surface area (Å²) in [6.45, 7) is 0. The van der Waals surface area contributed by atoms with Gasteiger partial charge in [-0.15, -0.1) is 11.6 Å². The van der Waals surface area contributed by atoms with E-state index in [1.807, 2.05) is 18.2 Å². The molecule has 2 nitrogen and oxygen atoms in total. The second kappa shape index (κ2) is 6.15. The molecule has 0 unspecified atom stereocenters. The van der Waals surface area contributed by atoms with Crippen molar-refractivity contribution in [2.24, 2.45) is 0 Å². The number of methoxy groups -OCH3 is 1. The van der Waals surface area contributed by atoms with E-state index in [0.717, 1.165) is 29.9 Å². The highest BCUT2D eigenvalue weighted by atomic mass is 35.5. The number of hydrogen-bond donors (Lipinski definition) is 0. The molecule has 0 radical (unpaired) electrons. The number of rotatable bonds is 4. The summed E-state index contributed by atoms with van der Waals surface area (Å²) in [4.78, 5) is 0. The molecule has 0 amide bonds. The van der Waals surface area contributed by atoms with E-state index >= 15 is 0 Å². The summed E-state index contributed by atoms with van der Waals surface area (Å²) in [5.41, 5.74) is 1.04. The van der Waals surface area contributed by atoms with E-state index in [4.69, 9.17) is 21.1 Å². The van der Waals surface area contributed by atoms with Crippen LogP contribution in [0.25, 0.3) is 0 Å². The zero-order chi connectivity index (χ0) is 12.1. The molecule has 1 fully saturated rings. The molecule has 0 aliphatic heterocycles. The predicted octanol–water partition coefficient (Wildman–Crippen LogP) is 4.15. The molecule has 0 heterocycles. The van der Waals surface area contributed by atoms with Crippen LogP contribution in [0.1, 0.15) is 37.7 Å². The van der Waals surface area contributed by atoms with Crippen LogP contribution >= 0.6 is 11.6 Å². The molecule has 1 aliphatic carbocycles. The second-order valence-electron chi connectivity index (χ2n) is 4.49. The molecule has 1 aromatic carbocycles. The lowest BCUT2D eigenvalue weighted by Crippen LogP contribution is -2.20. The normalized spacial score (nSPS) is 16.8. The molecule has 0 N–H and O–H groups in total. The van der Waals surface area contributed by atoms with Gasteiger partial charge in [-0.1, -0.05) is 12.5 Å². The number of hydrogen-bond acceptors (Lipinski definition) is 2. The maximum absolute atomic E-state index is 6.06. The summed E-state index contributed by atoms with van der Waals surface area (Å²) in [6, 6.07) is 5.84. The Labute approximate surface area is 108 Å². The summed E-state index contributed by atoms with van der Waals surface area (Å²) in [5.74, 6) is 2.18. The number of benzene rings is 1. The third-order valence-corrected chi connectivity index (χ3v) is 3.55. The molecule has 2 rings (SSSR count). The lowest BCUT2D eigenvalue weighted by atomic mass is 9.98. The van der Waals surface area contributed by atoms with Crippen LogP contribution < -0.4 is 9.47 Å². The molecular formula is C14H19ClO2. The molecule has 0 aromatic heterocycles. The molecular weight excluding hydrogens is 236 g/mol. The zero-order valence-corrected chi connectivity index (χ0v) is 11.0. The second-order valence-corrected chi connectivity index (χ2v) is 4.75. The van der Waals surface area contributed by atoms with Crippen molar-refractivity contribution >= 4 is 11.6 Å². The molecule has 3 heteroatoms. The molecule has 94 valence electrons. The van der Waals surface area contributed by atoms with Crippen molar-refractivity contribution in [1.82, 2.24) is 0 Å². The Morgan fingerprint density at radius 3 is 2.65 bits per heavy atom. The van der Waals surface area contributed by atoms with Gasteiger partial charge in [-0.2, -0.15) is 0 Å². The predicted molar refractivity (Wildman–Crippen MR) is 70.1 cm³/mol. The van der Waals surface area contributed by atoms with E-state index in [9.17, 15) is 0 Å². The average Bonchev–Trinajstić information content (AvgIpc) is 2.40. The van der Waals surface area contributed by atoms with Crippen LogP contribution in [0.15, 0.2) is 18.2 Å². The standard InChI is InChI=1S/C14H19ClO2/c1-16-13-8-7-11(10-15)14(9-13)17-12-5-3-2-4-6-12/h7-9,12H,2-6,10H2,1H3. The van der Waals surface area contributed by atoms with Crippen molar-refractivity contribution in [3.63, 3.8) is 0 Å². The van der Waals surface area contributed by atoms with Crippen molar-refractivity contribution in [3.8, 4) is 11.5 Å². The third kappa shape index (κ3) is 3.29. The molecule has 1 aromatic rings. The quantitative estimate of drug-likeness (QED) is 0.752. The summed E-state index contributed by atoms with van der Waals surface area (Å²) in [5, 5.41) is 0. The largest absolute Gasteiger partial charge is 0.497 e. The minimum Gasteiger partial charge on any atom is -0.497 e. The molecule has 0 saturated heterocycles. The van der Waals surface area contributed by atoms with Crippen molar-refractivity contribution in [1.29, 1.82) is 0 Å². The van der Waals surface area contributed by atoms with Crippen molar-refractivity contribution in [2.45, 2.75) is 44.1 Å². The number of ether oxygens (including phenoxy) is 2. The van der Waals surface area contributed by atoms with Gasteiger partial charge in [-0.05, 0) is 31.7 Å². The van der Waals surface area contributed by atoms with Gasteiger partial charge >= 0.3 is 0 Å². The minimum absolute atomic E-state index is 0.345. The molecule has 0 atom stereocenters. The monoisotopic (exact) mass is 254 g/mol. The van der Waals surface area contributed by atoms with E-state index in [0.29, 0.717) is 12.0 Å². The minimum atomic E-state index is 0.345. The topological polar surface area (TPSA) is 18.5 Å². The fourth-order valence-electron chi connectivity index (χ4n) is 2.24.